The van der Waals surface area contributed by atoms with Gasteiger partial charge in [0.05, 0.1) is 12.1 Å². The third-order valence-electron chi connectivity index (χ3n) is 3.72. The Labute approximate surface area is 120 Å². The molecule has 0 aromatic rings. The number of hydrogen-bond donors (Lipinski definition) is 1. The lowest BCUT2D eigenvalue weighted by molar-refractivity contribution is -0.174. The summed E-state index contributed by atoms with van der Waals surface area (Å²) in [5.74, 6) is -1.95. The maximum atomic E-state index is 12.3. The van der Waals surface area contributed by atoms with E-state index in [0.29, 0.717) is 12.8 Å². The second-order valence-corrected chi connectivity index (χ2v) is 6.50. The molecule has 8 heteroatoms. The van der Waals surface area contributed by atoms with Crippen LogP contribution in [0.5, 0.6) is 0 Å². The molecule has 3 atom stereocenters. The van der Waals surface area contributed by atoms with Gasteiger partial charge in [0.1, 0.15) is 5.60 Å². The summed E-state index contributed by atoms with van der Waals surface area (Å²) in [4.78, 5) is 24.6. The summed E-state index contributed by atoms with van der Waals surface area (Å²) >= 11 is 0. The summed E-state index contributed by atoms with van der Waals surface area (Å²) in [6.07, 6.45) is -3.79. The van der Waals surface area contributed by atoms with Crippen LogP contribution in [0.3, 0.4) is 0 Å². The molecule has 2 bridgehead atoms. The molecule has 2 amide bonds. The number of hydrogen-bond acceptors (Lipinski definition) is 3. The van der Waals surface area contributed by atoms with Crippen molar-refractivity contribution in [2.24, 2.45) is 0 Å². The molecule has 2 saturated heterocycles. The van der Waals surface area contributed by atoms with Crippen molar-refractivity contribution in [3.05, 3.63) is 0 Å². The first-order valence-electron chi connectivity index (χ1n) is 6.88. The summed E-state index contributed by atoms with van der Waals surface area (Å²) in [7, 11) is 0. The van der Waals surface area contributed by atoms with E-state index in [9.17, 15) is 22.8 Å². The summed E-state index contributed by atoms with van der Waals surface area (Å²) < 4.78 is 42.2. The fourth-order valence-corrected chi connectivity index (χ4v) is 2.99. The molecule has 0 aromatic carbocycles. The zero-order valence-corrected chi connectivity index (χ0v) is 12.2. The molecule has 0 aromatic heterocycles. The van der Waals surface area contributed by atoms with E-state index in [1.54, 1.807) is 20.8 Å². The highest BCUT2D eigenvalue weighted by atomic mass is 19.4. The Morgan fingerprint density at radius 2 is 1.81 bits per heavy atom. The maximum Gasteiger partial charge on any atom is 0.471 e. The number of fused-ring (bicyclic) bond motifs is 2. The van der Waals surface area contributed by atoms with E-state index in [1.807, 2.05) is 5.32 Å². The number of carbonyl (C=O) groups is 2. The van der Waals surface area contributed by atoms with Crippen molar-refractivity contribution in [1.29, 1.82) is 0 Å². The maximum absolute atomic E-state index is 12.3. The number of carbonyl (C=O) groups excluding carboxylic acids is 2. The minimum Gasteiger partial charge on any atom is -0.444 e. The summed E-state index contributed by atoms with van der Waals surface area (Å²) in [5.41, 5.74) is -0.663. The zero-order valence-electron chi connectivity index (χ0n) is 12.2. The molecule has 2 heterocycles. The van der Waals surface area contributed by atoms with E-state index in [0.717, 1.165) is 6.42 Å². The fourth-order valence-electron chi connectivity index (χ4n) is 2.99. The third-order valence-corrected chi connectivity index (χ3v) is 3.72. The molecule has 0 unspecified atom stereocenters. The smallest absolute Gasteiger partial charge is 0.444 e. The first-order chi connectivity index (χ1) is 9.49. The van der Waals surface area contributed by atoms with Gasteiger partial charge < -0.3 is 15.0 Å². The second-order valence-electron chi connectivity index (χ2n) is 6.50. The second kappa shape index (κ2) is 5.06. The summed E-state index contributed by atoms with van der Waals surface area (Å²) in [5, 5.41) is 1.98. The number of ether oxygens (including phenoxy) is 1. The van der Waals surface area contributed by atoms with Gasteiger partial charge in [-0.25, -0.2) is 4.79 Å². The Bertz CT molecular complexity index is 445. The third kappa shape index (κ3) is 3.41. The molecule has 2 fully saturated rings. The van der Waals surface area contributed by atoms with Crippen molar-refractivity contribution in [3.8, 4) is 0 Å². The quantitative estimate of drug-likeness (QED) is 0.808. The van der Waals surface area contributed by atoms with E-state index in [-0.39, 0.29) is 6.04 Å². The summed E-state index contributed by atoms with van der Waals surface area (Å²) in [6, 6.07) is -1.25. The highest BCUT2D eigenvalue weighted by Gasteiger charge is 2.52. The average Bonchev–Trinajstić information content (AvgIpc) is 2.82. The van der Waals surface area contributed by atoms with Gasteiger partial charge in [0.15, 0.2) is 0 Å². The van der Waals surface area contributed by atoms with Crippen LogP contribution in [0, 0.1) is 0 Å². The first kappa shape index (κ1) is 15.9. The van der Waals surface area contributed by atoms with Gasteiger partial charge in [-0.15, -0.1) is 0 Å². The van der Waals surface area contributed by atoms with Gasteiger partial charge in [0.25, 0.3) is 0 Å². The Kier molecular flexibility index (Phi) is 3.84. The molecule has 5 nitrogen and oxygen atoms in total. The fraction of sp³-hybridized carbons (Fsp3) is 0.846. The van der Waals surface area contributed by atoms with Gasteiger partial charge in [-0.1, -0.05) is 0 Å². The minimum absolute atomic E-state index is 0.164. The van der Waals surface area contributed by atoms with Gasteiger partial charge in [0, 0.05) is 6.04 Å². The van der Waals surface area contributed by atoms with Crippen molar-refractivity contribution < 1.29 is 27.5 Å². The Morgan fingerprint density at radius 3 is 2.33 bits per heavy atom. The zero-order chi connectivity index (χ0) is 16.0. The van der Waals surface area contributed by atoms with Crippen molar-refractivity contribution in [3.63, 3.8) is 0 Å². The van der Waals surface area contributed by atoms with Crippen molar-refractivity contribution in [1.82, 2.24) is 10.2 Å². The molecule has 21 heavy (non-hydrogen) atoms. The minimum atomic E-state index is -4.90. The van der Waals surface area contributed by atoms with Gasteiger partial charge >= 0.3 is 18.2 Å². The predicted molar refractivity (Wildman–Crippen MR) is 67.5 cm³/mol. The first-order valence-corrected chi connectivity index (χ1v) is 6.88. The van der Waals surface area contributed by atoms with E-state index in [4.69, 9.17) is 4.74 Å². The largest absolute Gasteiger partial charge is 0.471 e. The van der Waals surface area contributed by atoms with Crippen molar-refractivity contribution in [2.75, 3.05) is 0 Å². The standard InChI is InChI=1S/C13H19F3N2O3/c1-12(2,3)21-11(20)18-7-4-5-9(18)8(6-7)17-10(19)13(14,15)16/h7-9H,4-6H2,1-3H3,(H,17,19)/t7-,8+,9-/m0/s1. The summed E-state index contributed by atoms with van der Waals surface area (Å²) in [6.45, 7) is 5.18. The molecule has 2 aliphatic rings. The van der Waals surface area contributed by atoms with E-state index < -0.39 is 35.9 Å². The average molecular weight is 308 g/mol. The van der Waals surface area contributed by atoms with Gasteiger partial charge in [-0.3, -0.25) is 4.79 Å². The normalized spacial score (nSPS) is 28.7. The van der Waals surface area contributed by atoms with Crippen LogP contribution >= 0.6 is 0 Å². The molecule has 2 aliphatic heterocycles. The van der Waals surface area contributed by atoms with E-state index >= 15 is 0 Å². The predicted octanol–water partition coefficient (Wildman–Crippen LogP) is 2.21. The van der Waals surface area contributed by atoms with E-state index in [2.05, 4.69) is 0 Å². The Morgan fingerprint density at radius 1 is 1.19 bits per heavy atom. The highest BCUT2D eigenvalue weighted by molar-refractivity contribution is 5.82. The van der Waals surface area contributed by atoms with Crippen LogP contribution in [0.15, 0.2) is 0 Å². The van der Waals surface area contributed by atoms with Gasteiger partial charge in [-0.05, 0) is 40.0 Å². The Hall–Kier alpha value is -1.47. The van der Waals surface area contributed by atoms with Crippen LogP contribution < -0.4 is 5.32 Å². The van der Waals surface area contributed by atoms with Crippen LogP contribution in [-0.2, 0) is 9.53 Å². The molecule has 0 saturated carbocycles. The molecule has 2 rings (SSSR count). The molecule has 0 aliphatic carbocycles. The molecular formula is C13H19F3N2O3. The molecule has 0 radical (unpaired) electrons. The lowest BCUT2D eigenvalue weighted by atomic mass is 9.95. The van der Waals surface area contributed by atoms with Crippen LogP contribution in [0.2, 0.25) is 0 Å². The number of nitrogens with one attached hydrogen (secondary N) is 1. The van der Waals surface area contributed by atoms with Crippen LogP contribution in [0.25, 0.3) is 0 Å². The molecule has 120 valence electrons. The SMILES string of the molecule is CC(C)(C)OC(=O)N1[C@H]2CC[C@H]1[C@H](NC(=O)C(F)(F)F)C2. The van der Waals surface area contributed by atoms with Gasteiger partial charge in [-0.2, -0.15) is 13.2 Å². The molecular weight excluding hydrogens is 289 g/mol. The number of amides is 2. The van der Waals surface area contributed by atoms with Gasteiger partial charge in [0.2, 0.25) is 0 Å². The van der Waals surface area contributed by atoms with Crippen LogP contribution in [0.1, 0.15) is 40.0 Å². The lowest BCUT2D eigenvalue weighted by Gasteiger charge is -2.28. The Balaban J connectivity index is 2.02. The molecule has 0 spiro atoms. The van der Waals surface area contributed by atoms with Crippen molar-refractivity contribution >= 4 is 12.0 Å². The van der Waals surface area contributed by atoms with E-state index in [1.165, 1.54) is 4.90 Å². The van der Waals surface area contributed by atoms with Crippen LogP contribution in [0.4, 0.5) is 18.0 Å². The lowest BCUT2D eigenvalue weighted by Crippen LogP contribution is -2.49. The number of rotatable bonds is 1. The topological polar surface area (TPSA) is 58.6 Å². The van der Waals surface area contributed by atoms with Crippen LogP contribution in [-0.4, -0.2) is 46.8 Å². The number of halogens is 3. The number of nitrogens with zero attached hydrogens (tertiary/aromatic N) is 1. The molecule has 1 N–H and O–H groups in total. The highest BCUT2D eigenvalue weighted by Crippen LogP contribution is 2.39. The number of alkyl halides is 3. The monoisotopic (exact) mass is 308 g/mol. The van der Waals surface area contributed by atoms with Crippen molar-refractivity contribution in [2.45, 2.75) is 69.9 Å².